The zero-order chi connectivity index (χ0) is 11.7. The fraction of sp³-hybridized carbons (Fsp3) is 0.846. The summed E-state index contributed by atoms with van der Waals surface area (Å²) in [7, 11) is 0. The lowest BCUT2D eigenvalue weighted by Gasteiger charge is -2.21. The lowest BCUT2D eigenvalue weighted by molar-refractivity contribution is 0.396. The van der Waals surface area contributed by atoms with Gasteiger partial charge in [0.1, 0.15) is 5.82 Å². The lowest BCUT2D eigenvalue weighted by atomic mass is 9.88. The van der Waals surface area contributed by atoms with Gasteiger partial charge in [0.15, 0.2) is 5.82 Å². The first-order chi connectivity index (χ1) is 8.28. The van der Waals surface area contributed by atoms with Crippen molar-refractivity contribution in [3.63, 3.8) is 0 Å². The SMILES string of the molecule is CC1(c2n[nH]c(C3CCCCN3)n2)CCCC1. The third kappa shape index (κ3) is 2.10. The van der Waals surface area contributed by atoms with Gasteiger partial charge in [0.2, 0.25) is 0 Å². The summed E-state index contributed by atoms with van der Waals surface area (Å²) in [6.45, 7) is 3.42. The Labute approximate surface area is 103 Å². The predicted molar refractivity (Wildman–Crippen MR) is 66.8 cm³/mol. The van der Waals surface area contributed by atoms with Gasteiger partial charge in [-0.25, -0.2) is 4.98 Å². The summed E-state index contributed by atoms with van der Waals surface area (Å²) in [5.74, 6) is 2.09. The van der Waals surface area contributed by atoms with Crippen LogP contribution in [0, 0.1) is 0 Å². The largest absolute Gasteiger partial charge is 0.307 e. The predicted octanol–water partition coefficient (Wildman–Crippen LogP) is 2.45. The molecule has 1 aromatic rings. The number of hydrogen-bond donors (Lipinski definition) is 2. The average molecular weight is 234 g/mol. The number of nitrogens with one attached hydrogen (secondary N) is 2. The molecule has 4 nitrogen and oxygen atoms in total. The van der Waals surface area contributed by atoms with E-state index in [0.29, 0.717) is 6.04 Å². The first-order valence-electron chi connectivity index (χ1n) is 6.94. The molecule has 0 amide bonds. The van der Waals surface area contributed by atoms with E-state index in [0.717, 1.165) is 18.2 Å². The summed E-state index contributed by atoms with van der Waals surface area (Å²) in [5, 5.41) is 11.1. The Balaban J connectivity index is 1.77. The standard InChI is InChI=1S/C13H22N4/c1-13(7-3-4-8-13)12-15-11(16-17-12)10-6-2-5-9-14-10/h10,14H,2-9H2,1H3,(H,15,16,17). The number of hydrogen-bond acceptors (Lipinski definition) is 3. The normalized spacial score (nSPS) is 28.4. The maximum absolute atomic E-state index is 4.76. The Hall–Kier alpha value is -0.900. The fourth-order valence-corrected chi connectivity index (χ4v) is 3.16. The molecular weight excluding hydrogens is 212 g/mol. The van der Waals surface area contributed by atoms with Gasteiger partial charge in [-0.3, -0.25) is 5.10 Å². The molecule has 3 rings (SSSR count). The number of aromatic nitrogens is 3. The Morgan fingerprint density at radius 2 is 2.00 bits per heavy atom. The maximum Gasteiger partial charge on any atom is 0.156 e. The first-order valence-corrected chi connectivity index (χ1v) is 6.94. The van der Waals surface area contributed by atoms with Crippen LogP contribution >= 0.6 is 0 Å². The van der Waals surface area contributed by atoms with E-state index in [9.17, 15) is 0 Å². The van der Waals surface area contributed by atoms with E-state index in [1.165, 1.54) is 44.9 Å². The summed E-state index contributed by atoms with van der Waals surface area (Å²) in [4.78, 5) is 4.76. The second-order valence-corrected chi connectivity index (χ2v) is 5.81. The van der Waals surface area contributed by atoms with Crippen molar-refractivity contribution in [2.24, 2.45) is 0 Å². The number of rotatable bonds is 2. The molecule has 1 aliphatic heterocycles. The molecule has 1 atom stereocenters. The van der Waals surface area contributed by atoms with E-state index >= 15 is 0 Å². The molecule has 94 valence electrons. The van der Waals surface area contributed by atoms with E-state index in [1.807, 2.05) is 0 Å². The van der Waals surface area contributed by atoms with Gasteiger partial charge < -0.3 is 5.32 Å². The molecule has 0 spiro atoms. The second-order valence-electron chi connectivity index (χ2n) is 5.81. The van der Waals surface area contributed by atoms with Crippen molar-refractivity contribution in [2.75, 3.05) is 6.54 Å². The van der Waals surface area contributed by atoms with Gasteiger partial charge in [0.05, 0.1) is 6.04 Å². The molecule has 0 bridgehead atoms. The van der Waals surface area contributed by atoms with Crippen LogP contribution in [0.5, 0.6) is 0 Å². The van der Waals surface area contributed by atoms with Gasteiger partial charge in [-0.1, -0.05) is 26.2 Å². The van der Waals surface area contributed by atoms with Gasteiger partial charge >= 0.3 is 0 Å². The van der Waals surface area contributed by atoms with Gasteiger partial charge in [0.25, 0.3) is 0 Å². The molecule has 1 unspecified atom stereocenters. The molecule has 1 saturated carbocycles. The molecule has 2 N–H and O–H groups in total. The number of nitrogens with zero attached hydrogens (tertiary/aromatic N) is 2. The van der Waals surface area contributed by atoms with Crippen LogP contribution in [-0.4, -0.2) is 21.7 Å². The molecule has 4 heteroatoms. The fourth-order valence-electron chi connectivity index (χ4n) is 3.16. The van der Waals surface area contributed by atoms with E-state index in [1.54, 1.807) is 0 Å². The highest BCUT2D eigenvalue weighted by Gasteiger charge is 2.35. The van der Waals surface area contributed by atoms with Crippen LogP contribution in [0.1, 0.15) is 69.6 Å². The zero-order valence-corrected chi connectivity index (χ0v) is 10.6. The number of H-pyrrole nitrogens is 1. The highest BCUT2D eigenvalue weighted by molar-refractivity contribution is 5.10. The third-order valence-corrected chi connectivity index (χ3v) is 4.39. The molecular formula is C13H22N4. The summed E-state index contributed by atoms with van der Waals surface area (Å²) < 4.78 is 0. The van der Waals surface area contributed by atoms with Crippen molar-refractivity contribution in [3.05, 3.63) is 11.6 Å². The Kier molecular flexibility index (Phi) is 2.90. The highest BCUT2D eigenvalue weighted by atomic mass is 15.2. The topological polar surface area (TPSA) is 53.6 Å². The number of piperidine rings is 1. The van der Waals surface area contributed by atoms with Gasteiger partial charge in [-0.05, 0) is 32.2 Å². The minimum Gasteiger partial charge on any atom is -0.307 e. The monoisotopic (exact) mass is 234 g/mol. The summed E-state index contributed by atoms with van der Waals surface area (Å²) >= 11 is 0. The smallest absolute Gasteiger partial charge is 0.156 e. The van der Waals surface area contributed by atoms with Crippen molar-refractivity contribution < 1.29 is 0 Å². The van der Waals surface area contributed by atoms with Crippen molar-refractivity contribution in [1.82, 2.24) is 20.5 Å². The summed E-state index contributed by atoms with van der Waals surface area (Å²) in [6, 6.07) is 0.398. The second kappa shape index (κ2) is 4.41. The van der Waals surface area contributed by atoms with Gasteiger partial charge in [-0.15, -0.1) is 0 Å². The van der Waals surface area contributed by atoms with Crippen LogP contribution in [0.25, 0.3) is 0 Å². The van der Waals surface area contributed by atoms with Crippen molar-refractivity contribution in [3.8, 4) is 0 Å². The van der Waals surface area contributed by atoms with Crippen LogP contribution in [-0.2, 0) is 5.41 Å². The van der Waals surface area contributed by atoms with Crippen molar-refractivity contribution >= 4 is 0 Å². The summed E-state index contributed by atoms with van der Waals surface area (Å²) in [5.41, 5.74) is 0.226. The van der Waals surface area contributed by atoms with Gasteiger partial charge in [-0.2, -0.15) is 5.10 Å². The average Bonchev–Trinajstić information content (AvgIpc) is 2.99. The van der Waals surface area contributed by atoms with Crippen LogP contribution in [0.4, 0.5) is 0 Å². The molecule has 1 aromatic heterocycles. The quantitative estimate of drug-likeness (QED) is 0.826. The van der Waals surface area contributed by atoms with Crippen LogP contribution in [0.2, 0.25) is 0 Å². The molecule has 0 radical (unpaired) electrons. The van der Waals surface area contributed by atoms with E-state index in [-0.39, 0.29) is 5.41 Å². The lowest BCUT2D eigenvalue weighted by Crippen LogP contribution is -2.27. The molecule has 2 aliphatic rings. The Morgan fingerprint density at radius 3 is 2.71 bits per heavy atom. The van der Waals surface area contributed by atoms with E-state index in [2.05, 4.69) is 22.4 Å². The zero-order valence-electron chi connectivity index (χ0n) is 10.6. The van der Waals surface area contributed by atoms with Gasteiger partial charge in [0, 0.05) is 5.41 Å². The summed E-state index contributed by atoms with van der Waals surface area (Å²) in [6.07, 6.45) is 8.89. The Bertz CT molecular complexity index is 373. The minimum atomic E-state index is 0.226. The molecule has 1 saturated heterocycles. The third-order valence-electron chi connectivity index (χ3n) is 4.39. The molecule has 2 heterocycles. The van der Waals surface area contributed by atoms with E-state index < -0.39 is 0 Å². The molecule has 2 fully saturated rings. The van der Waals surface area contributed by atoms with Crippen molar-refractivity contribution in [1.29, 1.82) is 0 Å². The Morgan fingerprint density at radius 1 is 1.18 bits per heavy atom. The molecule has 1 aliphatic carbocycles. The van der Waals surface area contributed by atoms with Crippen LogP contribution < -0.4 is 5.32 Å². The minimum absolute atomic E-state index is 0.226. The maximum atomic E-state index is 4.76. The first kappa shape index (κ1) is 11.2. The van der Waals surface area contributed by atoms with Crippen LogP contribution in [0.3, 0.4) is 0 Å². The van der Waals surface area contributed by atoms with Crippen molar-refractivity contribution in [2.45, 2.75) is 63.3 Å². The molecule has 17 heavy (non-hydrogen) atoms. The highest BCUT2D eigenvalue weighted by Crippen LogP contribution is 2.39. The van der Waals surface area contributed by atoms with Crippen LogP contribution in [0.15, 0.2) is 0 Å². The number of aromatic amines is 1. The van der Waals surface area contributed by atoms with E-state index in [4.69, 9.17) is 4.98 Å². The molecule has 0 aromatic carbocycles.